The predicted octanol–water partition coefficient (Wildman–Crippen LogP) is 4.05. The Morgan fingerprint density at radius 1 is 1.29 bits per heavy atom. The molecule has 0 aliphatic carbocycles. The Morgan fingerprint density at radius 3 is 2.88 bits per heavy atom. The van der Waals surface area contributed by atoms with E-state index in [0.717, 1.165) is 35.9 Å². The summed E-state index contributed by atoms with van der Waals surface area (Å²) in [5.41, 5.74) is 2.81. The van der Waals surface area contributed by atoms with E-state index in [2.05, 4.69) is 21.9 Å². The second-order valence-electron chi connectivity index (χ2n) is 5.51. The summed E-state index contributed by atoms with van der Waals surface area (Å²) in [7, 11) is 1.57. The second kappa shape index (κ2) is 7.05. The van der Waals surface area contributed by atoms with Crippen molar-refractivity contribution in [1.29, 1.82) is 0 Å². The highest BCUT2D eigenvalue weighted by atomic mass is 35.5. The summed E-state index contributed by atoms with van der Waals surface area (Å²) in [6.45, 7) is 2.80. The molecule has 0 spiro atoms. The normalized spacial score (nSPS) is 11.1. The highest BCUT2D eigenvalue weighted by Gasteiger charge is 2.19. The third kappa shape index (κ3) is 3.01. The number of imidazole rings is 1. The van der Waals surface area contributed by atoms with Crippen LogP contribution in [0.1, 0.15) is 26.2 Å². The number of hydrogen-bond acceptors (Lipinski definition) is 5. The van der Waals surface area contributed by atoms with Crippen molar-refractivity contribution in [3.63, 3.8) is 0 Å². The minimum atomic E-state index is -0.0434. The fourth-order valence-corrected chi connectivity index (χ4v) is 2.99. The van der Waals surface area contributed by atoms with Crippen LogP contribution in [-0.2, 0) is 6.54 Å². The number of halogens is 1. The maximum Gasteiger partial charge on any atom is 0.296 e. The first-order chi connectivity index (χ1) is 11.7. The molecule has 0 aromatic carbocycles. The number of pyridine rings is 2. The molecule has 0 bridgehead atoms. The number of aromatic nitrogens is 4. The molecule has 3 rings (SSSR count). The molecule has 0 saturated carbocycles. The lowest BCUT2D eigenvalue weighted by Gasteiger charge is -2.11. The fourth-order valence-electron chi connectivity index (χ4n) is 2.74. The van der Waals surface area contributed by atoms with E-state index in [1.807, 2.05) is 6.07 Å². The first-order valence-corrected chi connectivity index (χ1v) is 8.27. The van der Waals surface area contributed by atoms with Crippen LogP contribution in [0.4, 0.5) is 0 Å². The highest BCUT2D eigenvalue weighted by molar-refractivity contribution is 6.34. The van der Waals surface area contributed by atoms with Crippen LogP contribution in [0.3, 0.4) is 0 Å². The first-order valence-electron chi connectivity index (χ1n) is 7.89. The van der Waals surface area contributed by atoms with Gasteiger partial charge in [0.25, 0.3) is 6.01 Å². The van der Waals surface area contributed by atoms with Gasteiger partial charge in [0, 0.05) is 30.6 Å². The summed E-state index contributed by atoms with van der Waals surface area (Å²) >= 11 is 6.43. The Morgan fingerprint density at radius 2 is 2.12 bits per heavy atom. The van der Waals surface area contributed by atoms with Gasteiger partial charge in [-0.2, -0.15) is 4.98 Å². The van der Waals surface area contributed by atoms with E-state index < -0.39 is 0 Å². The molecular formula is C17H19ClN4O2. The lowest BCUT2D eigenvalue weighted by molar-refractivity contribution is 0.397. The van der Waals surface area contributed by atoms with E-state index in [9.17, 15) is 5.11 Å². The fraction of sp³-hybridized carbons (Fsp3) is 0.353. The van der Waals surface area contributed by atoms with Crippen LogP contribution in [0.15, 0.2) is 24.5 Å². The van der Waals surface area contributed by atoms with Crippen molar-refractivity contribution in [1.82, 2.24) is 19.5 Å². The molecule has 0 fully saturated rings. The maximum absolute atomic E-state index is 10.2. The summed E-state index contributed by atoms with van der Waals surface area (Å²) in [5.74, 6) is 0.495. The van der Waals surface area contributed by atoms with Crippen molar-refractivity contribution < 1.29 is 9.84 Å². The molecule has 3 aromatic heterocycles. The van der Waals surface area contributed by atoms with Gasteiger partial charge in [0.05, 0.1) is 17.6 Å². The summed E-state index contributed by atoms with van der Waals surface area (Å²) in [6, 6.07) is 3.61. The molecule has 0 atom stereocenters. The van der Waals surface area contributed by atoms with Crippen LogP contribution in [-0.4, -0.2) is 31.7 Å². The molecule has 0 amide bonds. The number of ether oxygens (including phenoxy) is 1. The SMILES string of the molecule is CCCCCn1c(O)nc2ncc(Cl)c(-c3ccnc(OC)c3)c21. The number of fused-ring (bicyclic) bond motifs is 1. The maximum atomic E-state index is 10.2. The van der Waals surface area contributed by atoms with Crippen molar-refractivity contribution in [2.24, 2.45) is 0 Å². The number of rotatable bonds is 6. The number of unbranched alkanes of at least 4 members (excludes halogenated alkanes) is 2. The van der Waals surface area contributed by atoms with Gasteiger partial charge in [0.15, 0.2) is 5.65 Å². The van der Waals surface area contributed by atoms with Crippen molar-refractivity contribution in [2.75, 3.05) is 7.11 Å². The Labute approximate surface area is 145 Å². The largest absolute Gasteiger partial charge is 0.481 e. The predicted molar refractivity (Wildman–Crippen MR) is 93.5 cm³/mol. The average Bonchev–Trinajstić information content (AvgIpc) is 2.91. The Bertz CT molecular complexity index is 863. The van der Waals surface area contributed by atoms with Gasteiger partial charge in [0.1, 0.15) is 0 Å². The van der Waals surface area contributed by atoms with E-state index in [0.29, 0.717) is 23.1 Å². The molecule has 6 nitrogen and oxygen atoms in total. The number of nitrogens with zero attached hydrogens (tertiary/aromatic N) is 4. The van der Waals surface area contributed by atoms with Gasteiger partial charge >= 0.3 is 0 Å². The molecule has 3 heterocycles. The van der Waals surface area contributed by atoms with E-state index >= 15 is 0 Å². The van der Waals surface area contributed by atoms with Gasteiger partial charge in [-0.15, -0.1) is 0 Å². The zero-order chi connectivity index (χ0) is 17.1. The van der Waals surface area contributed by atoms with Crippen LogP contribution >= 0.6 is 11.6 Å². The third-order valence-corrected chi connectivity index (χ3v) is 4.21. The minimum absolute atomic E-state index is 0.0434. The monoisotopic (exact) mass is 346 g/mol. The summed E-state index contributed by atoms with van der Waals surface area (Å²) in [6.07, 6.45) is 6.33. The lowest BCUT2D eigenvalue weighted by Crippen LogP contribution is -2.00. The number of aryl methyl sites for hydroxylation is 1. The highest BCUT2D eigenvalue weighted by Crippen LogP contribution is 2.36. The molecular weight excluding hydrogens is 328 g/mol. The summed E-state index contributed by atoms with van der Waals surface area (Å²) in [4.78, 5) is 12.5. The van der Waals surface area contributed by atoms with Crippen LogP contribution in [0.5, 0.6) is 11.9 Å². The van der Waals surface area contributed by atoms with Gasteiger partial charge < -0.3 is 9.84 Å². The van der Waals surface area contributed by atoms with Gasteiger partial charge in [-0.05, 0) is 18.1 Å². The molecule has 126 valence electrons. The molecule has 0 radical (unpaired) electrons. The quantitative estimate of drug-likeness (QED) is 0.681. The van der Waals surface area contributed by atoms with Crippen LogP contribution in [0.2, 0.25) is 5.02 Å². The zero-order valence-electron chi connectivity index (χ0n) is 13.7. The molecule has 0 aliphatic heterocycles. The molecule has 0 saturated heterocycles. The van der Waals surface area contributed by atoms with Crippen molar-refractivity contribution in [3.05, 3.63) is 29.5 Å². The number of aromatic hydroxyl groups is 1. The van der Waals surface area contributed by atoms with Crippen molar-refractivity contribution >= 4 is 22.8 Å². The Kier molecular flexibility index (Phi) is 4.85. The molecule has 24 heavy (non-hydrogen) atoms. The van der Waals surface area contributed by atoms with Crippen LogP contribution in [0, 0.1) is 0 Å². The van der Waals surface area contributed by atoms with Crippen molar-refractivity contribution in [2.45, 2.75) is 32.7 Å². The lowest BCUT2D eigenvalue weighted by atomic mass is 10.1. The van der Waals surface area contributed by atoms with Crippen LogP contribution in [0.25, 0.3) is 22.3 Å². The summed E-state index contributed by atoms with van der Waals surface area (Å²) < 4.78 is 6.97. The molecule has 7 heteroatoms. The van der Waals surface area contributed by atoms with Gasteiger partial charge in [-0.25, -0.2) is 9.97 Å². The zero-order valence-corrected chi connectivity index (χ0v) is 14.4. The molecule has 0 unspecified atom stereocenters. The minimum Gasteiger partial charge on any atom is -0.481 e. The topological polar surface area (TPSA) is 73.1 Å². The van der Waals surface area contributed by atoms with Gasteiger partial charge in [-0.1, -0.05) is 31.4 Å². The first kappa shape index (κ1) is 16.5. The second-order valence-corrected chi connectivity index (χ2v) is 5.92. The Balaban J connectivity index is 2.20. The van der Waals surface area contributed by atoms with Crippen LogP contribution < -0.4 is 4.74 Å². The number of hydrogen-bond donors (Lipinski definition) is 1. The molecule has 3 aromatic rings. The van der Waals surface area contributed by atoms with E-state index in [-0.39, 0.29) is 6.01 Å². The van der Waals surface area contributed by atoms with Gasteiger partial charge in [-0.3, -0.25) is 4.57 Å². The molecule has 0 aliphatic rings. The Hall–Kier alpha value is -2.34. The van der Waals surface area contributed by atoms with Gasteiger partial charge in [0.2, 0.25) is 5.88 Å². The number of methoxy groups -OCH3 is 1. The van der Waals surface area contributed by atoms with E-state index in [1.165, 1.54) is 0 Å². The molecule has 1 N–H and O–H groups in total. The third-order valence-electron chi connectivity index (χ3n) is 3.92. The van der Waals surface area contributed by atoms with E-state index in [1.54, 1.807) is 30.1 Å². The van der Waals surface area contributed by atoms with E-state index in [4.69, 9.17) is 16.3 Å². The smallest absolute Gasteiger partial charge is 0.296 e. The average molecular weight is 347 g/mol. The summed E-state index contributed by atoms with van der Waals surface area (Å²) in [5, 5.41) is 10.7. The van der Waals surface area contributed by atoms with Crippen molar-refractivity contribution in [3.8, 4) is 23.0 Å². The standard InChI is InChI=1S/C17H19ClN4O2/c1-3-4-5-8-22-15-14(11-6-7-19-13(9-11)24-2)12(18)10-20-16(15)21-17(22)23/h6-7,9-10H,3-5,8H2,1-2H3,(H,20,21,23).